The van der Waals surface area contributed by atoms with Crippen LogP contribution < -0.4 is 11.5 Å². The van der Waals surface area contributed by atoms with Crippen molar-refractivity contribution in [2.24, 2.45) is 5.92 Å². The number of hydrogen-bond acceptors (Lipinski definition) is 5. The second-order valence-corrected chi connectivity index (χ2v) is 5.04. The molecule has 0 spiro atoms. The molecule has 0 atom stereocenters. The van der Waals surface area contributed by atoms with Crippen LogP contribution in [0.25, 0.3) is 21.8 Å². The average Bonchev–Trinajstić information content (AvgIpc) is 2.80. The van der Waals surface area contributed by atoms with Crippen LogP contribution in [0.3, 0.4) is 0 Å². The fraction of sp³-hybridized carbons (Fsp3) is 0.214. The van der Waals surface area contributed by atoms with E-state index in [4.69, 9.17) is 11.5 Å². The molecule has 6 heteroatoms. The summed E-state index contributed by atoms with van der Waals surface area (Å²) in [5, 5.41) is 1.58. The normalized spacial score (nSPS) is 11.6. The van der Waals surface area contributed by atoms with Crippen LogP contribution in [0.5, 0.6) is 0 Å². The molecular formula is C14H15N5O. The van der Waals surface area contributed by atoms with Crippen LogP contribution in [0.15, 0.2) is 24.4 Å². The highest BCUT2D eigenvalue weighted by Crippen LogP contribution is 2.29. The minimum atomic E-state index is -0.0821. The third kappa shape index (κ3) is 1.69. The van der Waals surface area contributed by atoms with Crippen LogP contribution in [0, 0.1) is 5.92 Å². The quantitative estimate of drug-likeness (QED) is 0.704. The smallest absolute Gasteiger partial charge is 0.233 e. The van der Waals surface area contributed by atoms with E-state index in [1.165, 1.54) is 0 Å². The topological polar surface area (TPSA) is 99.8 Å². The summed E-state index contributed by atoms with van der Waals surface area (Å²) >= 11 is 0. The summed E-state index contributed by atoms with van der Waals surface area (Å²) in [6, 6.07) is 5.51. The molecule has 0 aliphatic heterocycles. The van der Waals surface area contributed by atoms with Gasteiger partial charge in [0.05, 0.1) is 16.4 Å². The van der Waals surface area contributed by atoms with Gasteiger partial charge in [-0.25, -0.2) is 4.98 Å². The number of benzene rings is 1. The Bertz CT molecular complexity index is 834. The molecule has 20 heavy (non-hydrogen) atoms. The fourth-order valence-electron chi connectivity index (χ4n) is 2.37. The number of rotatable bonds is 1. The summed E-state index contributed by atoms with van der Waals surface area (Å²) < 4.78 is 1.63. The van der Waals surface area contributed by atoms with Gasteiger partial charge in [0, 0.05) is 17.5 Å². The van der Waals surface area contributed by atoms with E-state index in [0.717, 1.165) is 16.3 Å². The lowest BCUT2D eigenvalue weighted by molar-refractivity contribution is 0.0861. The summed E-state index contributed by atoms with van der Waals surface area (Å²) in [4.78, 5) is 20.3. The minimum absolute atomic E-state index is 0.0364. The number of nitrogens with two attached hydrogens (primary N) is 2. The number of nitrogen functional groups attached to an aromatic ring is 2. The maximum Gasteiger partial charge on any atom is 0.233 e. The predicted octanol–water partition coefficient (Wildman–Crippen LogP) is 2.05. The van der Waals surface area contributed by atoms with Crippen molar-refractivity contribution in [3.63, 3.8) is 0 Å². The van der Waals surface area contributed by atoms with Crippen molar-refractivity contribution < 1.29 is 4.79 Å². The van der Waals surface area contributed by atoms with E-state index in [1.54, 1.807) is 16.8 Å². The first-order valence-corrected chi connectivity index (χ1v) is 6.36. The number of aromatic nitrogens is 3. The highest BCUT2D eigenvalue weighted by Gasteiger charge is 2.15. The first kappa shape index (κ1) is 12.4. The largest absolute Gasteiger partial charge is 0.383 e. The third-order valence-corrected chi connectivity index (χ3v) is 3.31. The zero-order valence-corrected chi connectivity index (χ0v) is 11.3. The van der Waals surface area contributed by atoms with Crippen molar-refractivity contribution >= 4 is 39.5 Å². The molecule has 0 unspecified atom stereocenters. The Morgan fingerprint density at radius 3 is 2.65 bits per heavy atom. The predicted molar refractivity (Wildman–Crippen MR) is 79.3 cm³/mol. The standard InChI is InChI=1S/C14H15N5O/c1-7(2)13(20)19-6-5-8-10(19)4-3-9-11(8)12(15)18-14(16)17-9/h3-7H,1-2H3,(H4,15,16,17,18). The SMILES string of the molecule is CC(C)C(=O)n1ccc2c3c(N)nc(N)nc3ccc21. The van der Waals surface area contributed by atoms with Gasteiger partial charge in [-0.05, 0) is 18.2 Å². The summed E-state index contributed by atoms with van der Waals surface area (Å²) in [7, 11) is 0. The van der Waals surface area contributed by atoms with E-state index < -0.39 is 0 Å². The second-order valence-electron chi connectivity index (χ2n) is 5.04. The van der Waals surface area contributed by atoms with Gasteiger partial charge in [0.25, 0.3) is 0 Å². The van der Waals surface area contributed by atoms with E-state index in [2.05, 4.69) is 9.97 Å². The molecule has 0 fully saturated rings. The molecule has 102 valence electrons. The molecule has 1 aromatic carbocycles. The Labute approximate surface area is 115 Å². The van der Waals surface area contributed by atoms with E-state index in [-0.39, 0.29) is 17.8 Å². The molecule has 0 saturated heterocycles. The molecule has 0 radical (unpaired) electrons. The van der Waals surface area contributed by atoms with Crippen LogP contribution >= 0.6 is 0 Å². The molecule has 0 aliphatic rings. The Morgan fingerprint density at radius 2 is 1.95 bits per heavy atom. The van der Waals surface area contributed by atoms with Gasteiger partial charge in [0.1, 0.15) is 5.82 Å². The Kier molecular flexibility index (Phi) is 2.60. The van der Waals surface area contributed by atoms with Gasteiger partial charge >= 0.3 is 0 Å². The molecule has 6 nitrogen and oxygen atoms in total. The van der Waals surface area contributed by atoms with Gasteiger partial charge in [0.2, 0.25) is 11.9 Å². The average molecular weight is 269 g/mol. The molecule has 2 heterocycles. The van der Waals surface area contributed by atoms with Gasteiger partial charge in [0.15, 0.2) is 0 Å². The monoisotopic (exact) mass is 269 g/mol. The Hall–Kier alpha value is -2.63. The molecule has 0 saturated carbocycles. The van der Waals surface area contributed by atoms with Gasteiger partial charge in [-0.15, -0.1) is 0 Å². The molecule has 4 N–H and O–H groups in total. The van der Waals surface area contributed by atoms with Gasteiger partial charge in [-0.3, -0.25) is 9.36 Å². The lowest BCUT2D eigenvalue weighted by Gasteiger charge is -2.08. The number of carbonyl (C=O) groups excluding carboxylic acids is 1. The summed E-state index contributed by atoms with van der Waals surface area (Å²) in [5.41, 5.74) is 13.0. The fourth-order valence-corrected chi connectivity index (χ4v) is 2.37. The number of fused-ring (bicyclic) bond motifs is 3. The number of nitrogens with zero attached hydrogens (tertiary/aromatic N) is 3. The highest BCUT2D eigenvalue weighted by molar-refractivity contribution is 6.12. The third-order valence-electron chi connectivity index (χ3n) is 3.31. The lowest BCUT2D eigenvalue weighted by atomic mass is 10.1. The molecule has 3 rings (SSSR count). The molecule has 0 amide bonds. The zero-order chi connectivity index (χ0) is 14.4. The molecule has 2 aromatic heterocycles. The van der Waals surface area contributed by atoms with Crippen molar-refractivity contribution in [2.75, 3.05) is 11.5 Å². The van der Waals surface area contributed by atoms with E-state index in [9.17, 15) is 4.79 Å². The summed E-state index contributed by atoms with van der Waals surface area (Å²) in [6.07, 6.45) is 1.75. The van der Waals surface area contributed by atoms with Crippen LogP contribution in [-0.2, 0) is 0 Å². The van der Waals surface area contributed by atoms with E-state index in [0.29, 0.717) is 11.3 Å². The van der Waals surface area contributed by atoms with E-state index >= 15 is 0 Å². The van der Waals surface area contributed by atoms with Crippen LogP contribution in [-0.4, -0.2) is 20.4 Å². The maximum atomic E-state index is 12.2. The Morgan fingerprint density at radius 1 is 1.20 bits per heavy atom. The number of anilines is 2. The second kappa shape index (κ2) is 4.19. The van der Waals surface area contributed by atoms with Crippen molar-refractivity contribution in [3.8, 4) is 0 Å². The van der Waals surface area contributed by atoms with Gasteiger partial charge in [-0.2, -0.15) is 4.98 Å². The molecule has 0 bridgehead atoms. The van der Waals surface area contributed by atoms with Crippen LogP contribution in [0.2, 0.25) is 0 Å². The molecule has 3 aromatic rings. The van der Waals surface area contributed by atoms with Crippen molar-refractivity contribution in [3.05, 3.63) is 24.4 Å². The maximum absolute atomic E-state index is 12.2. The highest BCUT2D eigenvalue weighted by atomic mass is 16.2. The zero-order valence-electron chi connectivity index (χ0n) is 11.3. The minimum Gasteiger partial charge on any atom is -0.383 e. The van der Waals surface area contributed by atoms with Crippen LogP contribution in [0.4, 0.5) is 11.8 Å². The lowest BCUT2D eigenvalue weighted by Crippen LogP contribution is -2.15. The summed E-state index contributed by atoms with van der Waals surface area (Å²) in [5.74, 6) is 0.426. The van der Waals surface area contributed by atoms with Crippen molar-refractivity contribution in [1.29, 1.82) is 0 Å². The van der Waals surface area contributed by atoms with Gasteiger partial charge < -0.3 is 11.5 Å². The first-order chi connectivity index (χ1) is 9.49. The summed E-state index contributed by atoms with van der Waals surface area (Å²) in [6.45, 7) is 3.74. The van der Waals surface area contributed by atoms with Crippen molar-refractivity contribution in [1.82, 2.24) is 14.5 Å². The van der Waals surface area contributed by atoms with E-state index in [1.807, 2.05) is 26.0 Å². The molecule has 0 aliphatic carbocycles. The Balaban J connectivity index is 2.37. The first-order valence-electron chi connectivity index (χ1n) is 6.36. The number of hydrogen-bond donors (Lipinski definition) is 2. The molecular weight excluding hydrogens is 254 g/mol. The number of carbonyl (C=O) groups is 1. The van der Waals surface area contributed by atoms with Crippen LogP contribution in [0.1, 0.15) is 18.6 Å². The van der Waals surface area contributed by atoms with Gasteiger partial charge in [-0.1, -0.05) is 13.8 Å². The van der Waals surface area contributed by atoms with Crippen molar-refractivity contribution in [2.45, 2.75) is 13.8 Å².